The molecule has 5 nitrogen and oxygen atoms in total. The zero-order chi connectivity index (χ0) is 20.7. The van der Waals surface area contributed by atoms with Gasteiger partial charge in [-0.3, -0.25) is 4.79 Å². The van der Waals surface area contributed by atoms with Crippen LogP contribution in [-0.2, 0) is 19.4 Å². The first kappa shape index (κ1) is 18.8. The number of primary amides is 1. The monoisotopic (exact) mass is 414 g/mol. The van der Waals surface area contributed by atoms with E-state index in [2.05, 4.69) is 46.5 Å². The summed E-state index contributed by atoms with van der Waals surface area (Å²) in [5.41, 5.74) is 11.0. The van der Waals surface area contributed by atoms with Gasteiger partial charge in [0.1, 0.15) is 17.0 Å². The molecule has 1 aliphatic carbocycles. The van der Waals surface area contributed by atoms with E-state index in [1.807, 2.05) is 24.3 Å². The molecule has 2 aromatic carbocycles. The van der Waals surface area contributed by atoms with Crippen LogP contribution in [0.5, 0.6) is 0 Å². The van der Waals surface area contributed by atoms with Crippen LogP contribution < -0.4 is 10.6 Å². The number of thiophene rings is 1. The molecule has 0 bridgehead atoms. The number of carbonyl (C=O) groups excluding carboxylic acids is 1. The van der Waals surface area contributed by atoms with E-state index in [0.29, 0.717) is 5.56 Å². The molecule has 2 heterocycles. The molecule has 0 fully saturated rings. The Bertz CT molecular complexity index is 1230. The highest BCUT2D eigenvalue weighted by Gasteiger charge is 2.30. The average molecular weight is 415 g/mol. The molecule has 2 N–H and O–H groups in total. The second-order valence-electron chi connectivity index (χ2n) is 7.82. The number of amides is 1. The van der Waals surface area contributed by atoms with Gasteiger partial charge in [-0.2, -0.15) is 0 Å². The Balaban J connectivity index is 1.57. The molecule has 4 aromatic rings. The third-order valence-electron chi connectivity index (χ3n) is 5.84. The lowest BCUT2D eigenvalue weighted by Crippen LogP contribution is -2.36. The average Bonchev–Trinajstić information content (AvgIpc) is 3.36. The number of fused-ring (bicyclic) bond motifs is 2. The van der Waals surface area contributed by atoms with Crippen LogP contribution in [0.15, 0.2) is 60.2 Å². The number of nitrogens with zero attached hydrogens (tertiary/aromatic N) is 3. The van der Waals surface area contributed by atoms with Crippen molar-refractivity contribution in [2.45, 2.75) is 32.4 Å². The Labute approximate surface area is 179 Å². The molecule has 1 aliphatic rings. The fourth-order valence-electron chi connectivity index (χ4n) is 4.34. The predicted molar refractivity (Wildman–Crippen MR) is 121 cm³/mol. The molecular formula is C24H22N4OS. The number of aryl methyl sites for hydroxylation is 1. The van der Waals surface area contributed by atoms with Gasteiger partial charge in [-0.1, -0.05) is 36.4 Å². The predicted octanol–water partition coefficient (Wildman–Crippen LogP) is 4.27. The van der Waals surface area contributed by atoms with Crippen molar-refractivity contribution in [1.82, 2.24) is 9.97 Å². The molecule has 1 amide bonds. The van der Waals surface area contributed by atoms with Crippen molar-refractivity contribution in [1.29, 1.82) is 0 Å². The molecule has 0 saturated carbocycles. The number of benzene rings is 2. The van der Waals surface area contributed by atoms with E-state index in [4.69, 9.17) is 10.7 Å². The Kier molecular flexibility index (Phi) is 4.71. The number of rotatable bonds is 5. The van der Waals surface area contributed by atoms with Crippen molar-refractivity contribution < 1.29 is 4.79 Å². The van der Waals surface area contributed by atoms with Gasteiger partial charge in [0.25, 0.3) is 0 Å². The molecule has 6 heteroatoms. The summed E-state index contributed by atoms with van der Waals surface area (Å²) in [6.45, 7) is 2.89. The number of carbonyl (C=O) groups is 1. The standard InChI is InChI=1S/C24H22N4OS/c1-15-13-30-24-21(15)23(26-14-27-24)28(12-16-5-3-2-4-6-16)20-10-17-7-8-18(22(25)29)9-19(17)11-20/h2-9,13-14,20H,10-12H2,1H3,(H2,25,29). The summed E-state index contributed by atoms with van der Waals surface area (Å²) in [7, 11) is 0. The first-order chi connectivity index (χ1) is 14.6. The Hall–Kier alpha value is -3.25. The van der Waals surface area contributed by atoms with E-state index in [1.54, 1.807) is 17.7 Å². The SMILES string of the molecule is Cc1csc2ncnc(N(Cc3ccccc3)C3Cc4ccc(C(N)=O)cc4C3)c12. The highest BCUT2D eigenvalue weighted by Crippen LogP contribution is 2.36. The Morgan fingerprint density at radius 3 is 2.73 bits per heavy atom. The van der Waals surface area contributed by atoms with Gasteiger partial charge in [0, 0.05) is 18.2 Å². The summed E-state index contributed by atoms with van der Waals surface area (Å²) in [4.78, 5) is 24.3. The minimum atomic E-state index is -0.381. The molecular weight excluding hydrogens is 392 g/mol. The van der Waals surface area contributed by atoms with E-state index in [1.165, 1.54) is 22.3 Å². The van der Waals surface area contributed by atoms with E-state index in [0.717, 1.165) is 35.4 Å². The zero-order valence-corrected chi connectivity index (χ0v) is 17.5. The van der Waals surface area contributed by atoms with Crippen LogP contribution in [0, 0.1) is 6.92 Å². The van der Waals surface area contributed by atoms with Crippen molar-refractivity contribution >= 4 is 33.3 Å². The second-order valence-corrected chi connectivity index (χ2v) is 8.68. The van der Waals surface area contributed by atoms with Crippen molar-refractivity contribution in [2.75, 3.05) is 4.90 Å². The molecule has 1 atom stereocenters. The Morgan fingerprint density at radius 2 is 1.93 bits per heavy atom. The van der Waals surface area contributed by atoms with E-state index >= 15 is 0 Å². The van der Waals surface area contributed by atoms with Crippen LogP contribution in [0.3, 0.4) is 0 Å². The number of hydrogen-bond donors (Lipinski definition) is 1. The van der Waals surface area contributed by atoms with E-state index < -0.39 is 0 Å². The highest BCUT2D eigenvalue weighted by molar-refractivity contribution is 7.17. The van der Waals surface area contributed by atoms with Crippen molar-refractivity contribution in [3.63, 3.8) is 0 Å². The lowest BCUT2D eigenvalue weighted by molar-refractivity contribution is 0.1000. The topological polar surface area (TPSA) is 72.1 Å². The quantitative estimate of drug-likeness (QED) is 0.529. The summed E-state index contributed by atoms with van der Waals surface area (Å²) in [5, 5.41) is 3.28. The summed E-state index contributed by atoms with van der Waals surface area (Å²) in [6, 6.07) is 16.6. The van der Waals surface area contributed by atoms with Gasteiger partial charge in [0.05, 0.1) is 5.39 Å². The van der Waals surface area contributed by atoms with E-state index in [9.17, 15) is 4.79 Å². The van der Waals surface area contributed by atoms with Gasteiger partial charge in [-0.05, 0) is 59.5 Å². The van der Waals surface area contributed by atoms with Crippen LogP contribution in [0.2, 0.25) is 0 Å². The van der Waals surface area contributed by atoms with Gasteiger partial charge in [-0.25, -0.2) is 9.97 Å². The minimum absolute atomic E-state index is 0.251. The summed E-state index contributed by atoms with van der Waals surface area (Å²) >= 11 is 1.66. The number of nitrogens with two attached hydrogens (primary N) is 1. The smallest absolute Gasteiger partial charge is 0.248 e. The molecule has 5 rings (SSSR count). The zero-order valence-electron chi connectivity index (χ0n) is 16.7. The van der Waals surface area contributed by atoms with Gasteiger partial charge in [0.2, 0.25) is 5.91 Å². The van der Waals surface area contributed by atoms with E-state index in [-0.39, 0.29) is 11.9 Å². The van der Waals surface area contributed by atoms with Crippen LogP contribution in [-0.4, -0.2) is 21.9 Å². The summed E-state index contributed by atoms with van der Waals surface area (Å²) in [6.07, 6.45) is 3.44. The highest BCUT2D eigenvalue weighted by atomic mass is 32.1. The van der Waals surface area contributed by atoms with Gasteiger partial charge < -0.3 is 10.6 Å². The third-order valence-corrected chi connectivity index (χ3v) is 6.85. The maximum Gasteiger partial charge on any atom is 0.248 e. The maximum atomic E-state index is 11.6. The van der Waals surface area contributed by atoms with Crippen LogP contribution >= 0.6 is 11.3 Å². The number of hydrogen-bond acceptors (Lipinski definition) is 5. The lowest BCUT2D eigenvalue weighted by Gasteiger charge is -2.31. The van der Waals surface area contributed by atoms with Crippen molar-refractivity contribution in [3.05, 3.63) is 88.1 Å². The first-order valence-corrected chi connectivity index (χ1v) is 10.9. The third kappa shape index (κ3) is 3.33. The lowest BCUT2D eigenvalue weighted by atomic mass is 10.1. The first-order valence-electron chi connectivity index (χ1n) is 10.0. The minimum Gasteiger partial charge on any atom is -0.366 e. The Morgan fingerprint density at radius 1 is 1.13 bits per heavy atom. The summed E-state index contributed by atoms with van der Waals surface area (Å²) < 4.78 is 0. The molecule has 1 unspecified atom stereocenters. The molecule has 0 aliphatic heterocycles. The fourth-order valence-corrected chi connectivity index (χ4v) is 5.23. The van der Waals surface area contributed by atoms with Crippen LogP contribution in [0.25, 0.3) is 10.2 Å². The molecule has 0 radical (unpaired) electrons. The molecule has 0 saturated heterocycles. The van der Waals surface area contributed by atoms with Crippen LogP contribution in [0.1, 0.15) is 32.6 Å². The number of aromatic nitrogens is 2. The van der Waals surface area contributed by atoms with Gasteiger partial charge in [-0.15, -0.1) is 11.3 Å². The maximum absolute atomic E-state index is 11.6. The molecule has 30 heavy (non-hydrogen) atoms. The number of anilines is 1. The van der Waals surface area contributed by atoms with Gasteiger partial charge in [0.15, 0.2) is 0 Å². The normalized spacial score (nSPS) is 15.3. The molecule has 150 valence electrons. The van der Waals surface area contributed by atoms with Gasteiger partial charge >= 0.3 is 0 Å². The van der Waals surface area contributed by atoms with Crippen LogP contribution in [0.4, 0.5) is 5.82 Å². The second kappa shape index (κ2) is 7.54. The molecule has 0 spiro atoms. The molecule has 2 aromatic heterocycles. The largest absolute Gasteiger partial charge is 0.366 e. The summed E-state index contributed by atoms with van der Waals surface area (Å²) in [5.74, 6) is 0.601. The fraction of sp³-hybridized carbons (Fsp3) is 0.208. The van der Waals surface area contributed by atoms with Crippen molar-refractivity contribution in [3.8, 4) is 0 Å². The van der Waals surface area contributed by atoms with Crippen molar-refractivity contribution in [2.24, 2.45) is 5.73 Å².